The van der Waals surface area contributed by atoms with Crippen LogP contribution in [0.25, 0.3) is 0 Å². The van der Waals surface area contributed by atoms with Gasteiger partial charge in [-0.25, -0.2) is 9.59 Å². The van der Waals surface area contributed by atoms with Crippen LogP contribution in [0.15, 0.2) is 24.3 Å². The molecule has 1 aromatic rings. The van der Waals surface area contributed by atoms with Gasteiger partial charge in [0.25, 0.3) is 0 Å². The molecule has 0 aliphatic rings. The number of para-hydroxylation sites is 1. The maximum atomic E-state index is 10.9. The first-order valence-corrected chi connectivity index (χ1v) is 4.77. The van der Waals surface area contributed by atoms with Crippen molar-refractivity contribution in [1.82, 2.24) is 0 Å². The zero-order valence-corrected chi connectivity index (χ0v) is 9.03. The standard InChI is InChI=1S/C11H11NO5/c1-7(10(14)15)12(6-13)9-5-3-2-4-8(9)11(16)17/h2-7H,1H3,(H,14,15)(H,16,17). The van der Waals surface area contributed by atoms with Crippen LogP contribution in [0.4, 0.5) is 5.69 Å². The smallest absolute Gasteiger partial charge is 0.337 e. The highest BCUT2D eigenvalue weighted by Crippen LogP contribution is 2.21. The van der Waals surface area contributed by atoms with E-state index in [0.29, 0.717) is 6.41 Å². The Balaban J connectivity index is 3.25. The quantitative estimate of drug-likeness (QED) is 0.739. The third-order valence-corrected chi connectivity index (χ3v) is 2.30. The second-order valence-electron chi connectivity index (χ2n) is 3.35. The Morgan fingerprint density at radius 1 is 1.29 bits per heavy atom. The van der Waals surface area contributed by atoms with Crippen molar-refractivity contribution in [3.63, 3.8) is 0 Å². The summed E-state index contributed by atoms with van der Waals surface area (Å²) in [6, 6.07) is 4.60. The molecule has 0 fully saturated rings. The van der Waals surface area contributed by atoms with Crippen LogP contribution < -0.4 is 4.90 Å². The van der Waals surface area contributed by atoms with Crippen LogP contribution >= 0.6 is 0 Å². The van der Waals surface area contributed by atoms with E-state index in [9.17, 15) is 14.4 Å². The van der Waals surface area contributed by atoms with Crippen LogP contribution in [0.2, 0.25) is 0 Å². The van der Waals surface area contributed by atoms with Gasteiger partial charge in [-0.1, -0.05) is 12.1 Å². The summed E-state index contributed by atoms with van der Waals surface area (Å²) in [5, 5.41) is 17.8. The maximum Gasteiger partial charge on any atom is 0.337 e. The van der Waals surface area contributed by atoms with Crippen molar-refractivity contribution >= 4 is 24.0 Å². The van der Waals surface area contributed by atoms with Gasteiger partial charge in [-0.15, -0.1) is 0 Å². The number of hydrogen-bond donors (Lipinski definition) is 2. The molecule has 0 heterocycles. The number of aliphatic carboxylic acids is 1. The summed E-state index contributed by atoms with van der Waals surface area (Å²) in [5.74, 6) is -2.43. The molecule has 1 amide bonds. The molecule has 2 N–H and O–H groups in total. The van der Waals surface area contributed by atoms with E-state index in [1.165, 1.54) is 31.2 Å². The third-order valence-electron chi connectivity index (χ3n) is 2.30. The van der Waals surface area contributed by atoms with E-state index in [-0.39, 0.29) is 11.3 Å². The molecule has 1 unspecified atom stereocenters. The lowest BCUT2D eigenvalue weighted by molar-refractivity contribution is -0.138. The topological polar surface area (TPSA) is 94.9 Å². The molecule has 1 aromatic carbocycles. The van der Waals surface area contributed by atoms with Crippen molar-refractivity contribution in [3.8, 4) is 0 Å². The van der Waals surface area contributed by atoms with Crippen LogP contribution in [-0.4, -0.2) is 34.6 Å². The van der Waals surface area contributed by atoms with Gasteiger partial charge < -0.3 is 15.1 Å². The lowest BCUT2D eigenvalue weighted by Crippen LogP contribution is -2.38. The van der Waals surface area contributed by atoms with Crippen molar-refractivity contribution in [2.45, 2.75) is 13.0 Å². The Labute approximate surface area is 97.1 Å². The lowest BCUT2D eigenvalue weighted by atomic mass is 10.1. The number of carbonyl (C=O) groups is 3. The number of carboxylic acid groups (broad SMARTS) is 2. The summed E-state index contributed by atoms with van der Waals surface area (Å²) in [4.78, 5) is 33.5. The monoisotopic (exact) mass is 237 g/mol. The van der Waals surface area contributed by atoms with Crippen LogP contribution in [0.5, 0.6) is 0 Å². The predicted molar refractivity (Wildman–Crippen MR) is 59.0 cm³/mol. The van der Waals surface area contributed by atoms with Gasteiger partial charge in [0.15, 0.2) is 0 Å². The van der Waals surface area contributed by atoms with Crippen LogP contribution in [-0.2, 0) is 9.59 Å². The Hall–Kier alpha value is -2.37. The van der Waals surface area contributed by atoms with E-state index in [0.717, 1.165) is 4.90 Å². The number of carboxylic acids is 2. The summed E-state index contributed by atoms with van der Waals surface area (Å²) < 4.78 is 0. The molecule has 0 bridgehead atoms. The molecule has 17 heavy (non-hydrogen) atoms. The summed E-state index contributed by atoms with van der Waals surface area (Å²) in [6.45, 7) is 1.30. The molecule has 1 atom stereocenters. The highest BCUT2D eigenvalue weighted by atomic mass is 16.4. The minimum absolute atomic E-state index is 0.0601. The first-order valence-electron chi connectivity index (χ1n) is 4.77. The zero-order valence-electron chi connectivity index (χ0n) is 9.03. The molecule has 1 rings (SSSR count). The molecule has 0 saturated carbocycles. The van der Waals surface area contributed by atoms with Gasteiger partial charge in [0, 0.05) is 0 Å². The van der Waals surface area contributed by atoms with Gasteiger partial charge in [0.1, 0.15) is 6.04 Å². The van der Waals surface area contributed by atoms with E-state index in [4.69, 9.17) is 10.2 Å². The highest BCUT2D eigenvalue weighted by Gasteiger charge is 2.24. The van der Waals surface area contributed by atoms with Crippen LogP contribution in [0.1, 0.15) is 17.3 Å². The van der Waals surface area contributed by atoms with Gasteiger partial charge >= 0.3 is 11.9 Å². The molecule has 0 saturated heterocycles. The largest absolute Gasteiger partial charge is 0.480 e. The van der Waals surface area contributed by atoms with Crippen molar-refractivity contribution in [2.24, 2.45) is 0 Å². The SMILES string of the molecule is CC(C(=O)O)N(C=O)c1ccccc1C(=O)O. The van der Waals surface area contributed by atoms with E-state index in [1.54, 1.807) is 0 Å². The fraction of sp³-hybridized carbons (Fsp3) is 0.182. The molecule has 0 aliphatic carbocycles. The summed E-state index contributed by atoms with van der Waals surface area (Å²) in [5.41, 5.74) is -0.0578. The van der Waals surface area contributed by atoms with Crippen LogP contribution in [0.3, 0.4) is 0 Å². The molecule has 0 aliphatic heterocycles. The Kier molecular flexibility index (Phi) is 3.82. The lowest BCUT2D eigenvalue weighted by Gasteiger charge is -2.23. The fourth-order valence-corrected chi connectivity index (χ4v) is 1.36. The van der Waals surface area contributed by atoms with Crippen molar-refractivity contribution in [1.29, 1.82) is 0 Å². The Morgan fingerprint density at radius 3 is 2.35 bits per heavy atom. The number of amides is 1. The number of benzene rings is 1. The molecule has 0 aromatic heterocycles. The van der Waals surface area contributed by atoms with Crippen molar-refractivity contribution in [3.05, 3.63) is 29.8 Å². The number of carbonyl (C=O) groups excluding carboxylic acids is 1. The third kappa shape index (κ3) is 2.60. The summed E-state index contributed by atoms with van der Waals surface area (Å²) in [6.07, 6.45) is 0.306. The average molecular weight is 237 g/mol. The molecule has 90 valence electrons. The minimum Gasteiger partial charge on any atom is -0.480 e. The van der Waals surface area contributed by atoms with Gasteiger partial charge in [0.2, 0.25) is 6.41 Å². The first kappa shape index (κ1) is 12.7. The number of rotatable bonds is 5. The number of aromatic carboxylic acids is 1. The maximum absolute atomic E-state index is 10.9. The fourth-order valence-electron chi connectivity index (χ4n) is 1.36. The molecule has 0 spiro atoms. The molecular weight excluding hydrogens is 226 g/mol. The highest BCUT2D eigenvalue weighted by molar-refractivity contribution is 5.99. The summed E-state index contributed by atoms with van der Waals surface area (Å²) >= 11 is 0. The van der Waals surface area contributed by atoms with E-state index >= 15 is 0 Å². The van der Waals surface area contributed by atoms with Gasteiger partial charge in [0.05, 0.1) is 11.3 Å². The molecule has 6 heteroatoms. The number of anilines is 1. The second kappa shape index (κ2) is 5.11. The van der Waals surface area contributed by atoms with Gasteiger partial charge in [-0.05, 0) is 19.1 Å². The molecule has 6 nitrogen and oxygen atoms in total. The van der Waals surface area contributed by atoms with Gasteiger partial charge in [-0.2, -0.15) is 0 Å². The molecular formula is C11H11NO5. The van der Waals surface area contributed by atoms with E-state index in [2.05, 4.69) is 0 Å². The van der Waals surface area contributed by atoms with E-state index < -0.39 is 18.0 Å². The normalized spacial score (nSPS) is 11.6. The van der Waals surface area contributed by atoms with Crippen molar-refractivity contribution in [2.75, 3.05) is 4.90 Å². The first-order chi connectivity index (χ1) is 7.99. The number of hydrogen-bond acceptors (Lipinski definition) is 3. The van der Waals surface area contributed by atoms with Gasteiger partial charge in [-0.3, -0.25) is 4.79 Å². The van der Waals surface area contributed by atoms with Crippen LogP contribution in [0, 0.1) is 0 Å². The second-order valence-corrected chi connectivity index (χ2v) is 3.35. The zero-order chi connectivity index (χ0) is 13.0. The predicted octanol–water partition coefficient (Wildman–Crippen LogP) is 0.821. The Bertz CT molecular complexity index is 457. The van der Waals surface area contributed by atoms with E-state index in [1.807, 2.05) is 0 Å². The average Bonchev–Trinajstić information content (AvgIpc) is 2.30. The summed E-state index contributed by atoms with van der Waals surface area (Å²) in [7, 11) is 0. The molecule has 0 radical (unpaired) electrons. The van der Waals surface area contributed by atoms with Crippen molar-refractivity contribution < 1.29 is 24.6 Å². The Morgan fingerprint density at radius 2 is 1.88 bits per heavy atom. The minimum atomic E-state index is -1.22. The number of nitrogens with zero attached hydrogens (tertiary/aromatic N) is 1.